The highest BCUT2D eigenvalue weighted by Crippen LogP contribution is 2.26. The highest BCUT2D eigenvalue weighted by Gasteiger charge is 2.28. The molecule has 5 heteroatoms. The van der Waals surface area contributed by atoms with E-state index in [1.807, 2.05) is 24.3 Å². The van der Waals surface area contributed by atoms with Gasteiger partial charge in [-0.3, -0.25) is 0 Å². The third-order valence-corrected chi connectivity index (χ3v) is 5.45. The van der Waals surface area contributed by atoms with E-state index in [4.69, 9.17) is 5.73 Å². The lowest BCUT2D eigenvalue weighted by Crippen LogP contribution is -2.35. The van der Waals surface area contributed by atoms with Crippen molar-refractivity contribution in [2.45, 2.75) is 17.9 Å². The molecule has 104 valence electrons. The summed E-state index contributed by atoms with van der Waals surface area (Å²) >= 11 is 0. The van der Waals surface area contributed by atoms with E-state index in [1.165, 1.54) is 9.87 Å². The van der Waals surface area contributed by atoms with E-state index in [0.717, 1.165) is 12.0 Å². The molecule has 0 unspecified atom stereocenters. The monoisotopic (exact) mass is 288 g/mol. The molecule has 0 spiro atoms. The average molecular weight is 288 g/mol. The Hall–Kier alpha value is -1.85. The molecular formula is C15H16N2O2S. The minimum absolute atomic E-state index is 0.340. The van der Waals surface area contributed by atoms with Gasteiger partial charge in [-0.25, -0.2) is 8.42 Å². The van der Waals surface area contributed by atoms with Gasteiger partial charge < -0.3 is 5.73 Å². The predicted molar refractivity (Wildman–Crippen MR) is 78.6 cm³/mol. The van der Waals surface area contributed by atoms with Crippen LogP contribution in [0, 0.1) is 0 Å². The minimum Gasteiger partial charge on any atom is -0.399 e. The van der Waals surface area contributed by atoms with Crippen LogP contribution in [0.2, 0.25) is 0 Å². The van der Waals surface area contributed by atoms with Crippen LogP contribution >= 0.6 is 0 Å². The van der Waals surface area contributed by atoms with Gasteiger partial charge in [0.25, 0.3) is 0 Å². The summed E-state index contributed by atoms with van der Waals surface area (Å²) in [5.74, 6) is 0. The molecule has 20 heavy (non-hydrogen) atoms. The molecule has 3 rings (SSSR count). The Morgan fingerprint density at radius 2 is 1.75 bits per heavy atom. The molecule has 0 atom stereocenters. The molecule has 2 N–H and O–H groups in total. The van der Waals surface area contributed by atoms with Crippen LogP contribution in [0.3, 0.4) is 0 Å². The Bertz CT molecular complexity index is 727. The van der Waals surface area contributed by atoms with Gasteiger partial charge in [-0.05, 0) is 41.8 Å². The zero-order valence-electron chi connectivity index (χ0n) is 11.0. The van der Waals surface area contributed by atoms with Crippen molar-refractivity contribution in [1.82, 2.24) is 4.31 Å². The lowest BCUT2D eigenvalue weighted by atomic mass is 10.0. The van der Waals surface area contributed by atoms with Gasteiger partial charge in [0.05, 0.1) is 4.90 Å². The van der Waals surface area contributed by atoms with Gasteiger partial charge in [0.15, 0.2) is 0 Å². The second-order valence-electron chi connectivity index (χ2n) is 4.93. The Morgan fingerprint density at radius 1 is 1.00 bits per heavy atom. The van der Waals surface area contributed by atoms with Crippen LogP contribution in [-0.4, -0.2) is 19.3 Å². The third-order valence-electron chi connectivity index (χ3n) is 3.59. The van der Waals surface area contributed by atoms with Crippen molar-refractivity contribution in [3.05, 3.63) is 59.7 Å². The van der Waals surface area contributed by atoms with Crippen LogP contribution in [-0.2, 0) is 23.0 Å². The third kappa shape index (κ3) is 2.30. The van der Waals surface area contributed by atoms with Crippen LogP contribution in [0.5, 0.6) is 0 Å². The molecule has 4 nitrogen and oxygen atoms in total. The number of anilines is 1. The van der Waals surface area contributed by atoms with Gasteiger partial charge >= 0.3 is 0 Å². The largest absolute Gasteiger partial charge is 0.399 e. The minimum atomic E-state index is -3.43. The first-order valence-corrected chi connectivity index (χ1v) is 7.94. The zero-order valence-corrected chi connectivity index (χ0v) is 11.8. The molecule has 0 bridgehead atoms. The van der Waals surface area contributed by atoms with Crippen molar-refractivity contribution in [2.75, 3.05) is 12.3 Å². The maximum atomic E-state index is 12.6. The molecule has 2 aromatic rings. The van der Waals surface area contributed by atoms with E-state index >= 15 is 0 Å². The Labute approximate surface area is 118 Å². The highest BCUT2D eigenvalue weighted by molar-refractivity contribution is 7.89. The summed E-state index contributed by atoms with van der Waals surface area (Å²) in [5, 5.41) is 0. The summed E-state index contributed by atoms with van der Waals surface area (Å²) in [4.78, 5) is 0.340. The lowest BCUT2D eigenvalue weighted by Gasteiger charge is -2.28. The second-order valence-corrected chi connectivity index (χ2v) is 6.87. The van der Waals surface area contributed by atoms with Crippen molar-refractivity contribution >= 4 is 15.7 Å². The summed E-state index contributed by atoms with van der Waals surface area (Å²) in [7, 11) is -3.43. The van der Waals surface area contributed by atoms with Gasteiger partial charge in [-0.2, -0.15) is 4.31 Å². The number of benzene rings is 2. The van der Waals surface area contributed by atoms with E-state index in [1.54, 1.807) is 24.3 Å². The summed E-state index contributed by atoms with van der Waals surface area (Å²) < 4.78 is 26.7. The first kappa shape index (κ1) is 13.1. The van der Waals surface area contributed by atoms with Crippen LogP contribution in [0.15, 0.2) is 53.4 Å². The molecule has 1 heterocycles. The lowest BCUT2D eigenvalue weighted by molar-refractivity contribution is 0.391. The van der Waals surface area contributed by atoms with Crippen LogP contribution in [0.25, 0.3) is 0 Å². The number of hydrogen-bond acceptors (Lipinski definition) is 3. The van der Waals surface area contributed by atoms with Crippen LogP contribution in [0.1, 0.15) is 11.1 Å². The fraction of sp³-hybridized carbons (Fsp3) is 0.200. The van der Waals surface area contributed by atoms with Crippen molar-refractivity contribution in [2.24, 2.45) is 0 Å². The van der Waals surface area contributed by atoms with Crippen LogP contribution < -0.4 is 5.73 Å². The summed E-state index contributed by atoms with van der Waals surface area (Å²) in [5.41, 5.74) is 8.62. The van der Waals surface area contributed by atoms with Gasteiger partial charge in [-0.1, -0.05) is 24.3 Å². The molecule has 0 saturated carbocycles. The van der Waals surface area contributed by atoms with E-state index < -0.39 is 10.0 Å². The summed E-state index contributed by atoms with van der Waals surface area (Å²) in [6.45, 7) is 0.895. The quantitative estimate of drug-likeness (QED) is 0.860. The summed E-state index contributed by atoms with van der Waals surface area (Å²) in [6.07, 6.45) is 0.724. The molecular weight excluding hydrogens is 272 g/mol. The van der Waals surface area contributed by atoms with Crippen molar-refractivity contribution in [3.63, 3.8) is 0 Å². The summed E-state index contributed by atoms with van der Waals surface area (Å²) in [6, 6.07) is 14.3. The zero-order chi connectivity index (χ0) is 14.2. The van der Waals surface area contributed by atoms with Crippen molar-refractivity contribution in [3.8, 4) is 0 Å². The molecule has 1 aliphatic rings. The number of sulfonamides is 1. The number of hydrogen-bond donors (Lipinski definition) is 1. The molecule has 2 aromatic carbocycles. The molecule has 0 fully saturated rings. The molecule has 0 radical (unpaired) electrons. The molecule has 0 amide bonds. The topological polar surface area (TPSA) is 63.4 Å². The van der Waals surface area contributed by atoms with Crippen molar-refractivity contribution < 1.29 is 8.42 Å². The Morgan fingerprint density at radius 3 is 2.50 bits per heavy atom. The van der Waals surface area contributed by atoms with Gasteiger partial charge in [-0.15, -0.1) is 0 Å². The van der Waals surface area contributed by atoms with Gasteiger partial charge in [0, 0.05) is 18.8 Å². The van der Waals surface area contributed by atoms with E-state index in [9.17, 15) is 8.42 Å². The van der Waals surface area contributed by atoms with E-state index in [-0.39, 0.29) is 0 Å². The molecule has 0 aromatic heterocycles. The SMILES string of the molecule is Nc1ccc2c(c1)CN(S(=O)(=O)c1ccccc1)CC2. The highest BCUT2D eigenvalue weighted by atomic mass is 32.2. The number of fused-ring (bicyclic) bond motifs is 1. The van der Waals surface area contributed by atoms with Crippen LogP contribution in [0.4, 0.5) is 5.69 Å². The number of nitrogens with two attached hydrogens (primary N) is 1. The second kappa shape index (κ2) is 4.92. The number of rotatable bonds is 2. The maximum Gasteiger partial charge on any atom is 0.243 e. The van der Waals surface area contributed by atoms with E-state index in [0.29, 0.717) is 23.7 Å². The van der Waals surface area contributed by atoms with Gasteiger partial charge in [0.1, 0.15) is 0 Å². The van der Waals surface area contributed by atoms with Crippen molar-refractivity contribution in [1.29, 1.82) is 0 Å². The normalized spacial score (nSPS) is 15.8. The average Bonchev–Trinajstić information content (AvgIpc) is 2.47. The maximum absolute atomic E-state index is 12.6. The predicted octanol–water partition coefficient (Wildman–Crippen LogP) is 2.02. The van der Waals surface area contributed by atoms with E-state index in [2.05, 4.69) is 0 Å². The Balaban J connectivity index is 1.94. The first-order chi connectivity index (χ1) is 9.57. The Kier molecular flexibility index (Phi) is 3.23. The fourth-order valence-corrected chi connectivity index (χ4v) is 3.94. The van der Waals surface area contributed by atoms with Gasteiger partial charge in [0.2, 0.25) is 10.0 Å². The molecule has 0 aliphatic carbocycles. The smallest absolute Gasteiger partial charge is 0.243 e. The number of nitrogen functional groups attached to an aromatic ring is 1. The fourth-order valence-electron chi connectivity index (χ4n) is 2.50. The number of nitrogens with zero attached hydrogens (tertiary/aromatic N) is 1. The standard InChI is InChI=1S/C15H16N2O2S/c16-14-7-6-12-8-9-17(11-13(12)10-14)20(18,19)15-4-2-1-3-5-15/h1-7,10H,8-9,11,16H2. The molecule has 1 aliphatic heterocycles. The molecule has 0 saturated heterocycles. The first-order valence-electron chi connectivity index (χ1n) is 6.50.